The van der Waals surface area contributed by atoms with E-state index in [1.165, 1.54) is 13.2 Å². The van der Waals surface area contributed by atoms with Gasteiger partial charge in [0.05, 0.1) is 19.1 Å². The number of halogens is 1. The highest BCUT2D eigenvalue weighted by molar-refractivity contribution is 5.75. The van der Waals surface area contributed by atoms with E-state index >= 15 is 0 Å². The number of aromatic nitrogens is 1. The van der Waals surface area contributed by atoms with Crippen LogP contribution in [0.4, 0.5) is 4.39 Å². The Morgan fingerprint density at radius 1 is 1.09 bits per heavy atom. The van der Waals surface area contributed by atoms with Gasteiger partial charge in [-0.25, -0.2) is 4.39 Å². The second kappa shape index (κ2) is 9.60. The number of rotatable bonds is 6. The Hall–Kier alpha value is -3.55. The number of ether oxygens (including phenoxy) is 1. The molecule has 0 aliphatic carbocycles. The lowest BCUT2D eigenvalue weighted by molar-refractivity contribution is -0.148. The Bertz CT molecular complexity index is 1320. The number of benzene rings is 2. The molecule has 180 valence electrons. The van der Waals surface area contributed by atoms with Crippen LogP contribution in [0.5, 0.6) is 0 Å². The van der Waals surface area contributed by atoms with Gasteiger partial charge in [0, 0.05) is 48.5 Å². The lowest BCUT2D eigenvalue weighted by Crippen LogP contribution is -2.46. The minimum atomic E-state index is -0.666. The Balaban J connectivity index is 1.57. The number of esters is 1. The van der Waals surface area contributed by atoms with Crippen molar-refractivity contribution in [2.75, 3.05) is 13.7 Å². The number of aliphatic hydroxyl groups excluding tert-OH is 1. The van der Waals surface area contributed by atoms with Crippen LogP contribution in [0.1, 0.15) is 28.4 Å². The van der Waals surface area contributed by atoms with Crippen molar-refractivity contribution in [3.63, 3.8) is 0 Å². The number of methoxy groups -OCH3 is 1. The van der Waals surface area contributed by atoms with E-state index in [1.807, 2.05) is 47.4 Å². The van der Waals surface area contributed by atoms with E-state index in [9.17, 15) is 19.1 Å². The summed E-state index contributed by atoms with van der Waals surface area (Å²) in [5.74, 6) is -1.88. The fourth-order valence-electron chi connectivity index (χ4n) is 5.56. The summed E-state index contributed by atoms with van der Waals surface area (Å²) in [7, 11) is 1.32. The van der Waals surface area contributed by atoms with E-state index in [4.69, 9.17) is 4.74 Å². The number of fused-ring (bicyclic) bond motifs is 4. The van der Waals surface area contributed by atoms with E-state index in [-0.39, 0.29) is 30.6 Å². The highest BCUT2D eigenvalue weighted by atomic mass is 19.1. The van der Waals surface area contributed by atoms with Gasteiger partial charge < -0.3 is 14.4 Å². The van der Waals surface area contributed by atoms with Crippen LogP contribution in [0.3, 0.4) is 0 Å². The van der Waals surface area contributed by atoms with Crippen molar-refractivity contribution in [3.05, 3.63) is 105 Å². The molecular formula is C28H27FN2O4. The third-order valence-electron chi connectivity index (χ3n) is 7.24. The van der Waals surface area contributed by atoms with Crippen LogP contribution in [-0.2, 0) is 22.6 Å². The monoisotopic (exact) mass is 474 g/mol. The van der Waals surface area contributed by atoms with Crippen molar-refractivity contribution in [1.82, 2.24) is 9.47 Å². The minimum absolute atomic E-state index is 0.155. The lowest BCUT2D eigenvalue weighted by Gasteiger charge is -2.38. The number of carbonyl (C=O) groups is 1. The third-order valence-corrected chi connectivity index (χ3v) is 7.24. The molecule has 2 aliphatic rings. The normalized spacial score (nSPS) is 23.4. The molecule has 0 saturated carbocycles. The van der Waals surface area contributed by atoms with Gasteiger partial charge in [-0.05, 0) is 29.8 Å². The molecule has 0 amide bonds. The zero-order valence-electron chi connectivity index (χ0n) is 19.4. The van der Waals surface area contributed by atoms with Crippen molar-refractivity contribution in [2.45, 2.75) is 25.2 Å². The maximum absolute atomic E-state index is 14.5. The maximum atomic E-state index is 14.5. The molecule has 2 aromatic carbocycles. The Labute approximate surface area is 202 Å². The molecule has 4 atom stereocenters. The first-order valence-electron chi connectivity index (χ1n) is 11.7. The molecule has 3 heterocycles. The summed E-state index contributed by atoms with van der Waals surface area (Å²) in [5.41, 5.74) is 2.54. The van der Waals surface area contributed by atoms with Gasteiger partial charge in [0.25, 0.3) is 5.56 Å². The Morgan fingerprint density at radius 3 is 2.54 bits per heavy atom. The second-order valence-electron chi connectivity index (χ2n) is 9.04. The van der Waals surface area contributed by atoms with Crippen molar-refractivity contribution >= 4 is 18.1 Å². The van der Waals surface area contributed by atoms with Crippen molar-refractivity contribution in [3.8, 4) is 0 Å². The quantitative estimate of drug-likeness (QED) is 0.554. The molecule has 1 aromatic heterocycles. The standard InChI is InChI=1S/C28H27FN2O4/c1-35-28(34)25-21(17-32)24-16-31-23(26(25)30(24)15-20-9-5-6-10-22(20)29)14-13-19(27(31)33)12-11-18-7-3-2-4-8-18/h2-14,21,24-26,32H,15-17H2,1H3/b12-11+/t21-,24-,25+,26+/m1/s1. The topological polar surface area (TPSA) is 71.8 Å². The summed E-state index contributed by atoms with van der Waals surface area (Å²) in [6.45, 7) is 0.318. The summed E-state index contributed by atoms with van der Waals surface area (Å²) in [6.07, 6.45) is 3.68. The fraction of sp³-hybridized carbons (Fsp3) is 0.286. The molecule has 35 heavy (non-hydrogen) atoms. The summed E-state index contributed by atoms with van der Waals surface area (Å²) < 4.78 is 21.3. The van der Waals surface area contributed by atoms with Gasteiger partial charge in [-0.15, -0.1) is 0 Å². The van der Waals surface area contributed by atoms with Crippen LogP contribution in [-0.4, -0.2) is 40.3 Å². The van der Waals surface area contributed by atoms with Gasteiger partial charge in [-0.1, -0.05) is 54.6 Å². The van der Waals surface area contributed by atoms with Crippen LogP contribution in [0, 0.1) is 17.7 Å². The van der Waals surface area contributed by atoms with Crippen LogP contribution < -0.4 is 5.56 Å². The van der Waals surface area contributed by atoms with Gasteiger partial charge in [-0.3, -0.25) is 14.5 Å². The van der Waals surface area contributed by atoms with Crippen LogP contribution in [0.15, 0.2) is 71.5 Å². The van der Waals surface area contributed by atoms with E-state index in [2.05, 4.69) is 0 Å². The summed E-state index contributed by atoms with van der Waals surface area (Å²) in [4.78, 5) is 28.4. The van der Waals surface area contributed by atoms with Crippen molar-refractivity contribution in [2.24, 2.45) is 11.8 Å². The molecule has 0 spiro atoms. The van der Waals surface area contributed by atoms with Gasteiger partial charge >= 0.3 is 5.97 Å². The SMILES string of the molecule is COC(=O)[C@H]1[C@H](CO)[C@H]2Cn3c(ccc(/C=C/c4ccccc4)c3=O)[C@@H]1N2Cc1ccccc1F. The Morgan fingerprint density at radius 2 is 1.83 bits per heavy atom. The van der Waals surface area contributed by atoms with Gasteiger partial charge in [-0.2, -0.15) is 0 Å². The summed E-state index contributed by atoms with van der Waals surface area (Å²) in [6, 6.07) is 19.0. The molecule has 2 bridgehead atoms. The first-order valence-corrected chi connectivity index (χ1v) is 11.7. The van der Waals surface area contributed by atoms with E-state index < -0.39 is 23.8 Å². The number of nitrogens with zero attached hydrogens (tertiary/aromatic N) is 2. The molecule has 5 rings (SSSR count). The number of pyridine rings is 1. The number of carbonyl (C=O) groups excluding carboxylic acids is 1. The third kappa shape index (κ3) is 4.11. The lowest BCUT2D eigenvalue weighted by atomic mass is 9.87. The number of hydrogen-bond donors (Lipinski definition) is 1. The Kier molecular flexibility index (Phi) is 6.36. The summed E-state index contributed by atoms with van der Waals surface area (Å²) >= 11 is 0. The molecule has 6 nitrogen and oxygen atoms in total. The van der Waals surface area contributed by atoms with Gasteiger partial charge in [0.1, 0.15) is 5.82 Å². The molecule has 1 fully saturated rings. The zero-order chi connectivity index (χ0) is 24.5. The zero-order valence-corrected chi connectivity index (χ0v) is 19.4. The molecule has 1 saturated heterocycles. The molecule has 3 aromatic rings. The van der Waals surface area contributed by atoms with E-state index in [0.29, 0.717) is 23.4 Å². The number of hydrogen-bond acceptors (Lipinski definition) is 5. The molecule has 1 N–H and O–H groups in total. The second-order valence-corrected chi connectivity index (χ2v) is 9.04. The van der Waals surface area contributed by atoms with Crippen molar-refractivity contribution in [1.29, 1.82) is 0 Å². The predicted molar refractivity (Wildman–Crippen MR) is 131 cm³/mol. The highest BCUT2D eigenvalue weighted by Gasteiger charge is 2.56. The largest absolute Gasteiger partial charge is 0.469 e. The average molecular weight is 475 g/mol. The van der Waals surface area contributed by atoms with E-state index in [1.54, 1.807) is 34.9 Å². The molecule has 0 unspecified atom stereocenters. The molecule has 2 aliphatic heterocycles. The maximum Gasteiger partial charge on any atom is 0.311 e. The molecular weight excluding hydrogens is 447 g/mol. The van der Waals surface area contributed by atoms with E-state index in [0.717, 1.165) is 5.56 Å². The fourth-order valence-corrected chi connectivity index (χ4v) is 5.56. The van der Waals surface area contributed by atoms with Gasteiger partial charge in [0.15, 0.2) is 0 Å². The average Bonchev–Trinajstić information content (AvgIpc) is 3.09. The number of aliphatic hydroxyl groups is 1. The first kappa shape index (κ1) is 23.2. The van der Waals surface area contributed by atoms with Crippen LogP contribution in [0.25, 0.3) is 12.2 Å². The highest BCUT2D eigenvalue weighted by Crippen LogP contribution is 2.49. The van der Waals surface area contributed by atoms with Crippen molar-refractivity contribution < 1.29 is 19.0 Å². The first-order chi connectivity index (χ1) is 17.0. The minimum Gasteiger partial charge on any atom is -0.469 e. The van der Waals surface area contributed by atoms with Gasteiger partial charge in [0.2, 0.25) is 0 Å². The smallest absolute Gasteiger partial charge is 0.311 e. The summed E-state index contributed by atoms with van der Waals surface area (Å²) in [5, 5.41) is 10.3. The molecule has 0 radical (unpaired) electrons. The predicted octanol–water partition coefficient (Wildman–Crippen LogP) is 3.49. The van der Waals surface area contributed by atoms with Crippen LogP contribution >= 0.6 is 0 Å². The molecule has 7 heteroatoms. The van der Waals surface area contributed by atoms with Crippen LogP contribution in [0.2, 0.25) is 0 Å².